The number of nitrogens with zero attached hydrogens (tertiary/aromatic N) is 1. The summed E-state index contributed by atoms with van der Waals surface area (Å²) in [5.41, 5.74) is 2.37. The first kappa shape index (κ1) is 14.3. The summed E-state index contributed by atoms with van der Waals surface area (Å²) in [5, 5.41) is -0.0446. The lowest BCUT2D eigenvalue weighted by atomic mass is 9.94. The second-order valence-electron chi connectivity index (χ2n) is 4.14. The number of halogens is 3. The predicted molar refractivity (Wildman–Crippen MR) is 88.1 cm³/mol. The van der Waals surface area contributed by atoms with Crippen LogP contribution in [0.15, 0.2) is 47.2 Å². The molecule has 0 saturated heterocycles. The van der Waals surface area contributed by atoms with Gasteiger partial charge < -0.3 is 0 Å². The Bertz CT molecular complexity index is 533. The van der Waals surface area contributed by atoms with Gasteiger partial charge in [-0.15, -0.1) is 11.6 Å². The highest BCUT2D eigenvalue weighted by molar-refractivity contribution is 14.1. The van der Waals surface area contributed by atoms with Crippen molar-refractivity contribution >= 4 is 50.1 Å². The van der Waals surface area contributed by atoms with Crippen LogP contribution in [-0.4, -0.2) is 4.98 Å². The second kappa shape index (κ2) is 6.35. The van der Waals surface area contributed by atoms with Gasteiger partial charge in [0.25, 0.3) is 0 Å². The van der Waals surface area contributed by atoms with Gasteiger partial charge in [-0.05, 0) is 64.0 Å². The van der Waals surface area contributed by atoms with Gasteiger partial charge in [-0.3, -0.25) is 4.98 Å². The molecule has 1 aromatic carbocycles. The van der Waals surface area contributed by atoms with Gasteiger partial charge >= 0.3 is 0 Å². The van der Waals surface area contributed by atoms with Crippen LogP contribution in [0.5, 0.6) is 0 Å². The molecule has 94 valence electrons. The quantitative estimate of drug-likeness (QED) is 0.455. The van der Waals surface area contributed by atoms with Crippen molar-refractivity contribution in [3.8, 4) is 0 Å². The Kier molecular flexibility index (Phi) is 5.04. The van der Waals surface area contributed by atoms with Gasteiger partial charge in [0.1, 0.15) is 0 Å². The smallest absolute Gasteiger partial charge is 0.0661 e. The molecule has 1 nitrogen and oxygen atoms in total. The molecule has 2 unspecified atom stereocenters. The molecule has 2 rings (SSSR count). The molecule has 0 bridgehead atoms. The minimum Gasteiger partial charge on any atom is -0.265 e. The van der Waals surface area contributed by atoms with E-state index in [1.165, 1.54) is 9.13 Å². The average Bonchev–Trinajstić information content (AvgIpc) is 2.41. The summed E-state index contributed by atoms with van der Waals surface area (Å²) in [6.45, 7) is 2.14. The molecule has 0 aliphatic carbocycles. The Labute approximate surface area is 134 Å². The van der Waals surface area contributed by atoms with Gasteiger partial charge in [-0.2, -0.15) is 0 Å². The number of aromatic nitrogens is 1. The average molecular weight is 437 g/mol. The highest BCUT2D eigenvalue weighted by Gasteiger charge is 2.20. The van der Waals surface area contributed by atoms with Crippen molar-refractivity contribution in [2.45, 2.75) is 18.2 Å². The maximum Gasteiger partial charge on any atom is 0.0661 e. The van der Waals surface area contributed by atoms with Crippen LogP contribution in [0.1, 0.15) is 29.3 Å². The van der Waals surface area contributed by atoms with Gasteiger partial charge in [0, 0.05) is 26.4 Å². The number of hydrogen-bond acceptors (Lipinski definition) is 1. The maximum atomic E-state index is 6.62. The molecule has 0 aliphatic heterocycles. The Morgan fingerprint density at radius 3 is 2.56 bits per heavy atom. The van der Waals surface area contributed by atoms with Crippen LogP contribution in [0.2, 0.25) is 0 Å². The summed E-state index contributed by atoms with van der Waals surface area (Å²) >= 11 is 12.4. The van der Waals surface area contributed by atoms with E-state index in [0.29, 0.717) is 0 Å². The van der Waals surface area contributed by atoms with Crippen molar-refractivity contribution in [1.82, 2.24) is 4.98 Å². The lowest BCUT2D eigenvalue weighted by molar-refractivity contribution is 0.727. The Morgan fingerprint density at radius 1 is 1.22 bits per heavy atom. The Morgan fingerprint density at radius 2 is 1.89 bits per heavy atom. The molecule has 1 heterocycles. The topological polar surface area (TPSA) is 12.9 Å². The minimum absolute atomic E-state index is 0.0446. The van der Waals surface area contributed by atoms with Crippen LogP contribution in [0.3, 0.4) is 0 Å². The van der Waals surface area contributed by atoms with E-state index in [0.717, 1.165) is 10.0 Å². The molecule has 0 amide bonds. The molecule has 18 heavy (non-hydrogen) atoms. The molecule has 2 atom stereocenters. The van der Waals surface area contributed by atoms with E-state index in [4.69, 9.17) is 11.6 Å². The van der Waals surface area contributed by atoms with E-state index >= 15 is 0 Å². The minimum atomic E-state index is -0.0446. The molecule has 0 N–H and O–H groups in total. The molecule has 4 heteroatoms. The van der Waals surface area contributed by atoms with Crippen molar-refractivity contribution in [2.75, 3.05) is 0 Å². The Balaban J connectivity index is 2.31. The molecular weight excluding hydrogens is 424 g/mol. The third kappa shape index (κ3) is 3.25. The first-order valence-corrected chi connectivity index (χ1v) is 7.89. The van der Waals surface area contributed by atoms with E-state index in [1.54, 1.807) is 12.4 Å². The molecule has 0 radical (unpaired) electrons. The lowest BCUT2D eigenvalue weighted by Gasteiger charge is -2.20. The SMILES string of the molecule is CC(c1ccncc1)C(Cl)c1cc(Br)ccc1I. The van der Waals surface area contributed by atoms with Crippen LogP contribution in [0, 0.1) is 3.57 Å². The fraction of sp³-hybridized carbons (Fsp3) is 0.214. The number of benzene rings is 1. The summed E-state index contributed by atoms with van der Waals surface area (Å²) in [4.78, 5) is 4.04. The van der Waals surface area contributed by atoms with Gasteiger partial charge in [-0.1, -0.05) is 22.9 Å². The number of alkyl halides is 1. The normalized spacial score (nSPS) is 14.2. The van der Waals surface area contributed by atoms with Crippen molar-refractivity contribution < 1.29 is 0 Å². The molecule has 2 aromatic rings. The van der Waals surface area contributed by atoms with Gasteiger partial charge in [0.05, 0.1) is 5.38 Å². The van der Waals surface area contributed by atoms with Crippen molar-refractivity contribution in [2.24, 2.45) is 0 Å². The summed E-state index contributed by atoms with van der Waals surface area (Å²) in [6.07, 6.45) is 3.61. The third-order valence-electron chi connectivity index (χ3n) is 2.93. The van der Waals surface area contributed by atoms with Gasteiger partial charge in [-0.25, -0.2) is 0 Å². The maximum absolute atomic E-state index is 6.62. The van der Waals surface area contributed by atoms with E-state index in [-0.39, 0.29) is 11.3 Å². The fourth-order valence-corrected chi connectivity index (χ4v) is 3.39. The fourth-order valence-electron chi connectivity index (χ4n) is 1.83. The highest BCUT2D eigenvalue weighted by Crippen LogP contribution is 2.38. The zero-order valence-corrected chi connectivity index (χ0v) is 14.3. The van der Waals surface area contributed by atoms with Crippen LogP contribution in [0.25, 0.3) is 0 Å². The molecule has 0 aliphatic rings. The van der Waals surface area contributed by atoms with Crippen LogP contribution >= 0.6 is 50.1 Å². The lowest BCUT2D eigenvalue weighted by Crippen LogP contribution is -2.04. The van der Waals surface area contributed by atoms with Crippen molar-refractivity contribution in [1.29, 1.82) is 0 Å². The predicted octanol–water partition coefficient (Wildman–Crippen LogP) is 5.53. The van der Waals surface area contributed by atoms with E-state index in [1.807, 2.05) is 18.2 Å². The van der Waals surface area contributed by atoms with Crippen LogP contribution < -0.4 is 0 Å². The first-order chi connectivity index (χ1) is 8.59. The zero-order chi connectivity index (χ0) is 13.1. The zero-order valence-electron chi connectivity index (χ0n) is 9.78. The molecule has 0 fully saturated rings. The summed E-state index contributed by atoms with van der Waals surface area (Å²) in [7, 11) is 0. The van der Waals surface area contributed by atoms with Crippen molar-refractivity contribution in [3.63, 3.8) is 0 Å². The second-order valence-corrected chi connectivity index (χ2v) is 6.68. The molecular formula is C14H12BrClIN. The molecule has 0 spiro atoms. The molecule has 0 saturated carbocycles. The van der Waals surface area contributed by atoms with Crippen molar-refractivity contribution in [3.05, 3.63) is 61.9 Å². The number of hydrogen-bond donors (Lipinski definition) is 0. The van der Waals surface area contributed by atoms with E-state index in [2.05, 4.69) is 62.6 Å². The third-order valence-corrected chi connectivity index (χ3v) is 5.01. The summed E-state index contributed by atoms with van der Waals surface area (Å²) in [6, 6.07) is 10.2. The Hall–Kier alpha value is -0.130. The number of rotatable bonds is 3. The largest absolute Gasteiger partial charge is 0.265 e. The van der Waals surface area contributed by atoms with E-state index in [9.17, 15) is 0 Å². The van der Waals surface area contributed by atoms with E-state index < -0.39 is 0 Å². The monoisotopic (exact) mass is 435 g/mol. The summed E-state index contributed by atoms with van der Waals surface area (Å²) < 4.78 is 2.25. The van der Waals surface area contributed by atoms with Gasteiger partial charge in [0.15, 0.2) is 0 Å². The van der Waals surface area contributed by atoms with Crippen LogP contribution in [-0.2, 0) is 0 Å². The standard InChI is InChI=1S/C14H12BrClIN/c1-9(10-4-6-18-7-5-10)14(16)12-8-11(15)2-3-13(12)17/h2-9,14H,1H3. The summed E-state index contributed by atoms with van der Waals surface area (Å²) in [5.74, 6) is 0.248. The first-order valence-electron chi connectivity index (χ1n) is 5.58. The highest BCUT2D eigenvalue weighted by atomic mass is 127. The van der Waals surface area contributed by atoms with Crippen LogP contribution in [0.4, 0.5) is 0 Å². The number of pyridine rings is 1. The van der Waals surface area contributed by atoms with Gasteiger partial charge in [0.2, 0.25) is 0 Å². The molecule has 1 aromatic heterocycles.